The van der Waals surface area contributed by atoms with Crippen LogP contribution in [0.25, 0.3) is 0 Å². The molecule has 18 heavy (non-hydrogen) atoms. The minimum atomic E-state index is -3.70. The molecule has 0 aromatic heterocycles. The maximum Gasteiger partial charge on any atom is 0.321 e. The molecule has 0 aliphatic rings. The zero-order valence-corrected chi connectivity index (χ0v) is 10.8. The molecule has 0 radical (unpaired) electrons. The number of carbonyl (C=O) groups is 1. The summed E-state index contributed by atoms with van der Waals surface area (Å²) in [5.41, 5.74) is 6.81. The highest BCUT2D eigenvalue weighted by molar-refractivity contribution is 7.88. The molecule has 0 fully saturated rings. The van der Waals surface area contributed by atoms with Gasteiger partial charge < -0.3 is 10.8 Å². The fourth-order valence-corrected chi connectivity index (χ4v) is 2.88. The Morgan fingerprint density at radius 2 is 1.94 bits per heavy atom. The first-order valence-corrected chi connectivity index (χ1v) is 7.00. The van der Waals surface area contributed by atoms with E-state index in [4.69, 9.17) is 10.8 Å². The SMILES string of the molecule is CC(NS(=O)(=O)Cc1ccccc1CN)C(=O)O. The van der Waals surface area contributed by atoms with E-state index < -0.39 is 22.0 Å². The fourth-order valence-electron chi connectivity index (χ4n) is 1.46. The lowest BCUT2D eigenvalue weighted by Crippen LogP contribution is -2.39. The minimum absolute atomic E-state index is 0.236. The maximum absolute atomic E-state index is 11.8. The largest absolute Gasteiger partial charge is 0.480 e. The van der Waals surface area contributed by atoms with E-state index in [-0.39, 0.29) is 12.3 Å². The van der Waals surface area contributed by atoms with E-state index in [9.17, 15) is 13.2 Å². The Hall–Kier alpha value is -1.44. The summed E-state index contributed by atoms with van der Waals surface area (Å²) < 4.78 is 25.6. The van der Waals surface area contributed by atoms with Crippen molar-refractivity contribution >= 4 is 16.0 Å². The van der Waals surface area contributed by atoms with Crippen LogP contribution in [0.15, 0.2) is 24.3 Å². The Morgan fingerprint density at radius 1 is 1.39 bits per heavy atom. The molecule has 4 N–H and O–H groups in total. The first-order valence-electron chi connectivity index (χ1n) is 5.35. The maximum atomic E-state index is 11.8. The Kier molecular flexibility index (Phi) is 4.83. The van der Waals surface area contributed by atoms with Gasteiger partial charge in [-0.05, 0) is 18.1 Å². The molecule has 0 amide bonds. The van der Waals surface area contributed by atoms with Crippen LogP contribution in [0, 0.1) is 0 Å². The van der Waals surface area contributed by atoms with E-state index in [1.54, 1.807) is 24.3 Å². The van der Waals surface area contributed by atoms with Gasteiger partial charge in [0, 0.05) is 6.54 Å². The fraction of sp³-hybridized carbons (Fsp3) is 0.364. The third-order valence-electron chi connectivity index (χ3n) is 2.41. The molecule has 0 spiro atoms. The Labute approximate surface area is 106 Å². The molecule has 0 saturated carbocycles. The average molecular weight is 272 g/mol. The first kappa shape index (κ1) is 14.6. The summed E-state index contributed by atoms with van der Waals surface area (Å²) in [6.07, 6.45) is 0. The predicted octanol–water partition coefficient (Wildman–Crippen LogP) is 0.0378. The quantitative estimate of drug-likeness (QED) is 0.677. The van der Waals surface area contributed by atoms with E-state index in [0.717, 1.165) is 5.56 Å². The van der Waals surface area contributed by atoms with E-state index in [0.29, 0.717) is 5.56 Å². The number of nitrogens with two attached hydrogens (primary N) is 1. The highest BCUT2D eigenvalue weighted by Crippen LogP contribution is 2.11. The number of benzene rings is 1. The number of hydrogen-bond donors (Lipinski definition) is 3. The van der Waals surface area contributed by atoms with Gasteiger partial charge in [-0.15, -0.1) is 0 Å². The van der Waals surface area contributed by atoms with Crippen molar-refractivity contribution in [3.63, 3.8) is 0 Å². The van der Waals surface area contributed by atoms with Crippen LogP contribution in [0.1, 0.15) is 18.1 Å². The summed E-state index contributed by atoms with van der Waals surface area (Å²) in [4.78, 5) is 10.6. The van der Waals surface area contributed by atoms with E-state index in [2.05, 4.69) is 4.72 Å². The van der Waals surface area contributed by atoms with Crippen molar-refractivity contribution in [1.82, 2.24) is 4.72 Å². The lowest BCUT2D eigenvalue weighted by atomic mass is 10.1. The number of nitrogens with one attached hydrogen (secondary N) is 1. The third kappa shape index (κ3) is 4.10. The zero-order chi connectivity index (χ0) is 13.8. The number of rotatable bonds is 6. The second-order valence-corrected chi connectivity index (χ2v) is 5.66. The van der Waals surface area contributed by atoms with E-state index >= 15 is 0 Å². The molecule has 0 aliphatic carbocycles. The third-order valence-corrected chi connectivity index (χ3v) is 3.81. The molecule has 1 aromatic rings. The van der Waals surface area contributed by atoms with Gasteiger partial charge in [0.05, 0.1) is 5.75 Å². The molecule has 1 unspecified atom stereocenters. The molecule has 0 aliphatic heterocycles. The standard InChI is InChI=1S/C11H16N2O4S/c1-8(11(14)15)13-18(16,17)7-10-5-3-2-4-9(10)6-12/h2-5,8,13H,6-7,12H2,1H3,(H,14,15). The Balaban J connectivity index is 2.86. The van der Waals surface area contributed by atoms with E-state index in [1.165, 1.54) is 6.92 Å². The Morgan fingerprint density at radius 3 is 2.44 bits per heavy atom. The summed E-state index contributed by atoms with van der Waals surface area (Å²) in [5, 5.41) is 8.67. The van der Waals surface area contributed by atoms with Crippen LogP contribution in [0.4, 0.5) is 0 Å². The van der Waals surface area contributed by atoms with Crippen LogP contribution in [0.5, 0.6) is 0 Å². The van der Waals surface area contributed by atoms with Crippen molar-refractivity contribution in [3.8, 4) is 0 Å². The lowest BCUT2D eigenvalue weighted by molar-refractivity contribution is -0.138. The highest BCUT2D eigenvalue weighted by atomic mass is 32.2. The predicted molar refractivity (Wildman–Crippen MR) is 67.2 cm³/mol. The summed E-state index contributed by atoms with van der Waals surface area (Å²) in [5.74, 6) is -1.50. The van der Waals surface area contributed by atoms with Crippen LogP contribution in [-0.2, 0) is 27.1 Å². The van der Waals surface area contributed by atoms with Crippen molar-refractivity contribution in [3.05, 3.63) is 35.4 Å². The molecule has 1 atom stereocenters. The van der Waals surface area contributed by atoms with Crippen molar-refractivity contribution in [2.45, 2.75) is 25.3 Å². The lowest BCUT2D eigenvalue weighted by Gasteiger charge is -2.12. The van der Waals surface area contributed by atoms with Gasteiger partial charge in [0.15, 0.2) is 0 Å². The second kappa shape index (κ2) is 5.94. The average Bonchev–Trinajstić information content (AvgIpc) is 2.28. The van der Waals surface area contributed by atoms with Crippen molar-refractivity contribution < 1.29 is 18.3 Å². The summed E-state index contributed by atoms with van der Waals surface area (Å²) >= 11 is 0. The van der Waals surface area contributed by atoms with E-state index in [1.807, 2.05) is 0 Å². The molecular formula is C11H16N2O4S. The molecule has 100 valence electrons. The summed E-state index contributed by atoms with van der Waals surface area (Å²) in [6.45, 7) is 1.51. The van der Waals surface area contributed by atoms with Gasteiger partial charge in [0.1, 0.15) is 6.04 Å². The van der Waals surface area contributed by atoms with Crippen LogP contribution >= 0.6 is 0 Å². The number of aliphatic carboxylic acids is 1. The van der Waals surface area contributed by atoms with Gasteiger partial charge in [0.2, 0.25) is 10.0 Å². The number of carboxylic acid groups (broad SMARTS) is 1. The summed E-state index contributed by atoms with van der Waals surface area (Å²) in [7, 11) is -3.70. The highest BCUT2D eigenvalue weighted by Gasteiger charge is 2.20. The smallest absolute Gasteiger partial charge is 0.321 e. The number of sulfonamides is 1. The zero-order valence-electron chi connectivity index (χ0n) is 9.96. The normalized spacial score (nSPS) is 13.2. The molecule has 1 aromatic carbocycles. The number of carboxylic acids is 1. The molecular weight excluding hydrogens is 256 g/mol. The van der Waals surface area contributed by atoms with Crippen molar-refractivity contribution in [2.24, 2.45) is 5.73 Å². The monoisotopic (exact) mass is 272 g/mol. The van der Waals surface area contributed by atoms with Gasteiger partial charge in [-0.2, -0.15) is 0 Å². The molecule has 1 rings (SSSR count). The number of hydrogen-bond acceptors (Lipinski definition) is 4. The van der Waals surface area contributed by atoms with Crippen LogP contribution in [-0.4, -0.2) is 25.5 Å². The molecule has 0 saturated heterocycles. The van der Waals surface area contributed by atoms with Gasteiger partial charge in [-0.25, -0.2) is 13.1 Å². The van der Waals surface area contributed by atoms with Gasteiger partial charge in [0.25, 0.3) is 0 Å². The second-order valence-electron chi connectivity index (χ2n) is 3.91. The van der Waals surface area contributed by atoms with Crippen molar-refractivity contribution in [1.29, 1.82) is 0 Å². The minimum Gasteiger partial charge on any atom is -0.480 e. The van der Waals surface area contributed by atoms with Crippen LogP contribution in [0.2, 0.25) is 0 Å². The molecule has 6 nitrogen and oxygen atoms in total. The topological polar surface area (TPSA) is 109 Å². The Bertz CT molecular complexity index is 528. The van der Waals surface area contributed by atoms with Crippen LogP contribution < -0.4 is 10.5 Å². The van der Waals surface area contributed by atoms with Crippen molar-refractivity contribution in [2.75, 3.05) is 0 Å². The summed E-state index contributed by atoms with van der Waals surface area (Å²) in [6, 6.07) is 5.73. The molecule has 0 heterocycles. The van der Waals surface area contributed by atoms with Gasteiger partial charge in [-0.3, -0.25) is 4.79 Å². The first-order chi connectivity index (χ1) is 8.35. The van der Waals surface area contributed by atoms with Gasteiger partial charge >= 0.3 is 5.97 Å². The van der Waals surface area contributed by atoms with Gasteiger partial charge in [-0.1, -0.05) is 24.3 Å². The van der Waals surface area contributed by atoms with Crippen LogP contribution in [0.3, 0.4) is 0 Å². The molecule has 0 bridgehead atoms. The molecule has 7 heteroatoms.